The zero-order chi connectivity index (χ0) is 19.2. The van der Waals surface area contributed by atoms with Crippen molar-refractivity contribution in [2.75, 3.05) is 6.61 Å². The Morgan fingerprint density at radius 1 is 1.12 bits per heavy atom. The average molecular weight is 393 g/mol. The standard InChI is InChI=1S/C21H22Cl2O3/c1-21(2,20(24)25)12-3-13-26-18-10-5-15(6-11-18)4-7-16-8-9-17(22)14-19(16)23/h4-11,14H,3,12-13H2,1-2H3,(H,24,25)/b7-4+. The summed E-state index contributed by atoms with van der Waals surface area (Å²) in [5, 5.41) is 10.3. The topological polar surface area (TPSA) is 46.5 Å². The molecule has 1 N–H and O–H groups in total. The summed E-state index contributed by atoms with van der Waals surface area (Å²) in [5.74, 6) is -0.0192. The van der Waals surface area contributed by atoms with Gasteiger partial charge in [-0.3, -0.25) is 4.79 Å². The molecule has 2 aromatic carbocycles. The number of aliphatic carboxylic acids is 1. The zero-order valence-corrected chi connectivity index (χ0v) is 16.3. The Morgan fingerprint density at radius 3 is 2.42 bits per heavy atom. The summed E-state index contributed by atoms with van der Waals surface area (Å²) in [4.78, 5) is 11.1. The van der Waals surface area contributed by atoms with Gasteiger partial charge >= 0.3 is 5.97 Å². The number of carbonyl (C=O) groups is 1. The minimum atomic E-state index is -0.783. The molecule has 0 atom stereocenters. The van der Waals surface area contributed by atoms with Crippen LogP contribution in [0.4, 0.5) is 0 Å². The molecule has 2 aromatic rings. The quantitative estimate of drug-likeness (QED) is 0.415. The van der Waals surface area contributed by atoms with Gasteiger partial charge in [-0.1, -0.05) is 53.6 Å². The van der Waals surface area contributed by atoms with Crippen molar-refractivity contribution in [1.82, 2.24) is 0 Å². The third kappa shape index (κ3) is 6.08. The smallest absolute Gasteiger partial charge is 0.309 e. The van der Waals surface area contributed by atoms with E-state index in [2.05, 4.69) is 0 Å². The second kappa shape index (κ2) is 9.11. The van der Waals surface area contributed by atoms with Crippen molar-refractivity contribution in [1.29, 1.82) is 0 Å². The molecule has 0 fully saturated rings. The molecule has 3 nitrogen and oxygen atoms in total. The highest BCUT2D eigenvalue weighted by Crippen LogP contribution is 2.24. The van der Waals surface area contributed by atoms with Gasteiger partial charge in [0.25, 0.3) is 0 Å². The fraction of sp³-hybridized carbons (Fsp3) is 0.286. The highest BCUT2D eigenvalue weighted by molar-refractivity contribution is 6.35. The van der Waals surface area contributed by atoms with Gasteiger partial charge in [-0.25, -0.2) is 0 Å². The van der Waals surface area contributed by atoms with Gasteiger partial charge in [0.05, 0.1) is 12.0 Å². The van der Waals surface area contributed by atoms with Crippen LogP contribution in [0.15, 0.2) is 42.5 Å². The first-order chi connectivity index (χ1) is 12.3. The fourth-order valence-electron chi connectivity index (χ4n) is 2.31. The summed E-state index contributed by atoms with van der Waals surface area (Å²) in [7, 11) is 0. The molecule has 138 valence electrons. The minimum Gasteiger partial charge on any atom is -0.494 e. The van der Waals surface area contributed by atoms with Gasteiger partial charge < -0.3 is 9.84 Å². The summed E-state index contributed by atoms with van der Waals surface area (Å²) in [6.07, 6.45) is 5.16. The number of hydrogen-bond donors (Lipinski definition) is 1. The number of halogens is 2. The van der Waals surface area contributed by atoms with Crippen molar-refractivity contribution in [2.24, 2.45) is 5.41 Å². The Morgan fingerprint density at radius 2 is 1.81 bits per heavy atom. The van der Waals surface area contributed by atoms with Crippen molar-refractivity contribution < 1.29 is 14.6 Å². The number of hydrogen-bond acceptors (Lipinski definition) is 2. The Hall–Kier alpha value is -1.97. The van der Waals surface area contributed by atoms with E-state index in [9.17, 15) is 4.79 Å². The second-order valence-electron chi connectivity index (χ2n) is 6.71. The van der Waals surface area contributed by atoms with Crippen molar-refractivity contribution >= 4 is 41.3 Å². The number of rotatable bonds is 8. The number of carboxylic acid groups (broad SMARTS) is 1. The van der Waals surface area contributed by atoms with E-state index in [0.29, 0.717) is 29.5 Å². The summed E-state index contributed by atoms with van der Waals surface area (Å²) < 4.78 is 5.68. The maximum Gasteiger partial charge on any atom is 0.309 e. The molecule has 0 unspecified atom stereocenters. The van der Waals surface area contributed by atoms with E-state index in [0.717, 1.165) is 16.9 Å². The van der Waals surface area contributed by atoms with Crippen LogP contribution in [0, 0.1) is 5.41 Å². The molecule has 0 aliphatic rings. The molecular weight excluding hydrogens is 371 g/mol. The van der Waals surface area contributed by atoms with E-state index >= 15 is 0 Å². The van der Waals surface area contributed by atoms with Gasteiger partial charge in [0.1, 0.15) is 5.75 Å². The molecule has 0 amide bonds. The first-order valence-corrected chi connectivity index (χ1v) is 9.13. The van der Waals surface area contributed by atoms with Crippen LogP contribution in [0.1, 0.15) is 37.8 Å². The van der Waals surface area contributed by atoms with E-state index in [1.54, 1.807) is 26.0 Å². The maximum atomic E-state index is 11.1. The molecule has 5 heteroatoms. The van der Waals surface area contributed by atoms with E-state index < -0.39 is 11.4 Å². The molecule has 0 saturated carbocycles. The normalized spacial score (nSPS) is 11.7. The summed E-state index contributed by atoms with van der Waals surface area (Å²) in [5.41, 5.74) is 1.20. The first kappa shape index (κ1) is 20.3. The largest absolute Gasteiger partial charge is 0.494 e. The molecule has 0 spiro atoms. The molecule has 0 aliphatic heterocycles. The molecular formula is C21H22Cl2O3. The maximum absolute atomic E-state index is 11.1. The monoisotopic (exact) mass is 392 g/mol. The molecule has 0 radical (unpaired) electrons. The molecule has 26 heavy (non-hydrogen) atoms. The Balaban J connectivity index is 1.86. The molecule has 0 aliphatic carbocycles. The predicted molar refractivity (Wildman–Crippen MR) is 108 cm³/mol. The number of carboxylic acids is 1. The van der Waals surface area contributed by atoms with E-state index in [-0.39, 0.29) is 0 Å². The van der Waals surface area contributed by atoms with Crippen LogP contribution >= 0.6 is 23.2 Å². The first-order valence-electron chi connectivity index (χ1n) is 8.37. The summed E-state index contributed by atoms with van der Waals surface area (Å²) in [6, 6.07) is 13.1. The lowest BCUT2D eigenvalue weighted by Gasteiger charge is -2.18. The molecule has 0 bridgehead atoms. The van der Waals surface area contributed by atoms with Gasteiger partial charge in [0, 0.05) is 10.0 Å². The van der Waals surface area contributed by atoms with Crippen LogP contribution in [-0.4, -0.2) is 17.7 Å². The third-order valence-corrected chi connectivity index (χ3v) is 4.65. The van der Waals surface area contributed by atoms with Crippen LogP contribution in [0.2, 0.25) is 10.0 Å². The van der Waals surface area contributed by atoms with Crippen LogP contribution in [0.25, 0.3) is 12.2 Å². The second-order valence-corrected chi connectivity index (χ2v) is 7.55. The third-order valence-electron chi connectivity index (χ3n) is 4.09. The van der Waals surface area contributed by atoms with Crippen LogP contribution in [0.3, 0.4) is 0 Å². The Kier molecular flexibility index (Phi) is 7.13. The lowest BCUT2D eigenvalue weighted by Crippen LogP contribution is -2.24. The summed E-state index contributed by atoms with van der Waals surface area (Å²) >= 11 is 12.0. The van der Waals surface area contributed by atoms with Gasteiger partial charge in [-0.05, 0) is 62.1 Å². The van der Waals surface area contributed by atoms with E-state index in [4.69, 9.17) is 33.0 Å². The lowest BCUT2D eigenvalue weighted by molar-refractivity contribution is -0.147. The molecule has 2 rings (SSSR count). The zero-order valence-electron chi connectivity index (χ0n) is 14.8. The van der Waals surface area contributed by atoms with Gasteiger partial charge in [0.15, 0.2) is 0 Å². The van der Waals surface area contributed by atoms with Crippen molar-refractivity contribution in [3.63, 3.8) is 0 Å². The predicted octanol–water partition coefficient (Wildman–Crippen LogP) is 6.43. The van der Waals surface area contributed by atoms with Gasteiger partial charge in [-0.15, -0.1) is 0 Å². The van der Waals surface area contributed by atoms with E-state index in [1.807, 2.05) is 42.5 Å². The Bertz CT molecular complexity index is 780. The minimum absolute atomic E-state index is 0.492. The van der Waals surface area contributed by atoms with Crippen LogP contribution < -0.4 is 4.74 Å². The highest BCUT2D eigenvalue weighted by atomic mass is 35.5. The number of ether oxygens (including phenoxy) is 1. The van der Waals surface area contributed by atoms with Crippen LogP contribution in [-0.2, 0) is 4.79 Å². The number of benzene rings is 2. The van der Waals surface area contributed by atoms with Crippen molar-refractivity contribution in [3.8, 4) is 5.75 Å². The molecule has 0 aromatic heterocycles. The van der Waals surface area contributed by atoms with Crippen molar-refractivity contribution in [3.05, 3.63) is 63.6 Å². The van der Waals surface area contributed by atoms with E-state index in [1.165, 1.54) is 0 Å². The van der Waals surface area contributed by atoms with Crippen molar-refractivity contribution in [2.45, 2.75) is 26.7 Å². The molecule has 0 saturated heterocycles. The fourth-order valence-corrected chi connectivity index (χ4v) is 2.78. The molecule has 0 heterocycles. The van der Waals surface area contributed by atoms with Gasteiger partial charge in [0.2, 0.25) is 0 Å². The SMILES string of the molecule is CC(C)(CCCOc1ccc(/C=C/c2ccc(Cl)cc2Cl)cc1)C(=O)O. The lowest BCUT2D eigenvalue weighted by atomic mass is 9.88. The van der Waals surface area contributed by atoms with Gasteiger partial charge in [-0.2, -0.15) is 0 Å². The average Bonchev–Trinajstić information content (AvgIpc) is 2.59. The Labute approximate surface area is 164 Å². The highest BCUT2D eigenvalue weighted by Gasteiger charge is 2.26. The summed E-state index contributed by atoms with van der Waals surface area (Å²) in [6.45, 7) is 3.94. The van der Waals surface area contributed by atoms with Crippen LogP contribution in [0.5, 0.6) is 5.75 Å².